The van der Waals surface area contributed by atoms with Crippen LogP contribution in [0.1, 0.15) is 34.6 Å². The minimum Gasteiger partial charge on any atom is -0.465 e. The minimum absolute atomic E-state index is 0.0188. The Morgan fingerprint density at radius 1 is 1.29 bits per heavy atom. The van der Waals surface area contributed by atoms with Gasteiger partial charge >= 0.3 is 11.9 Å². The molecule has 0 bridgehead atoms. The fourth-order valence-corrected chi connectivity index (χ4v) is 6.29. The molecule has 0 spiro atoms. The third kappa shape index (κ3) is 3.70. The van der Waals surface area contributed by atoms with E-state index in [9.17, 15) is 24.3 Å². The van der Waals surface area contributed by atoms with Crippen LogP contribution in [-0.2, 0) is 19.1 Å². The molecule has 2 aliphatic rings. The van der Waals surface area contributed by atoms with Gasteiger partial charge in [0.05, 0.1) is 12.7 Å². The number of methoxy groups -OCH3 is 1. The molecule has 166 valence electrons. The van der Waals surface area contributed by atoms with Gasteiger partial charge in [0.15, 0.2) is 10.1 Å². The number of Topliss-reactive ketones (excluding diaryl/α,β-unsaturated/α-hetero) is 1. The van der Waals surface area contributed by atoms with Crippen molar-refractivity contribution in [2.75, 3.05) is 13.7 Å². The van der Waals surface area contributed by atoms with E-state index in [-0.39, 0.29) is 17.7 Å². The summed E-state index contributed by atoms with van der Waals surface area (Å²) in [5, 5.41) is 10.2. The van der Waals surface area contributed by atoms with Crippen LogP contribution in [0.2, 0.25) is 0 Å². The van der Waals surface area contributed by atoms with Crippen molar-refractivity contribution in [3.63, 3.8) is 0 Å². The van der Waals surface area contributed by atoms with Crippen molar-refractivity contribution in [3.8, 4) is 0 Å². The van der Waals surface area contributed by atoms with Gasteiger partial charge in [0.1, 0.15) is 24.1 Å². The maximum atomic E-state index is 13.1. The number of carbonyl (C=O) groups is 4. The van der Waals surface area contributed by atoms with Gasteiger partial charge in [-0.1, -0.05) is 40.7 Å². The standard InChI is InChI=1S/C21H22BrNO7S/c1-5-10-30-17(27)14-20(2,3)31-19-21(22,18(28)23(14)19)15(25)13(24)11-6-8-12(9-7-11)16(26)29-4/h5-9,14-15,19,25H,1,10H2,2-4H3/t14-,15?,19+,21?/m0/s1. The first-order chi connectivity index (χ1) is 14.5. The Balaban J connectivity index is 1.83. The van der Waals surface area contributed by atoms with Crippen molar-refractivity contribution in [1.29, 1.82) is 0 Å². The summed E-state index contributed by atoms with van der Waals surface area (Å²) in [4.78, 5) is 51.4. The van der Waals surface area contributed by atoms with Gasteiger partial charge in [0.2, 0.25) is 5.91 Å². The van der Waals surface area contributed by atoms with Crippen molar-refractivity contribution in [2.45, 2.75) is 40.4 Å². The second-order valence-electron chi connectivity index (χ2n) is 7.71. The van der Waals surface area contributed by atoms with Crippen LogP contribution in [0.25, 0.3) is 0 Å². The lowest BCUT2D eigenvalue weighted by Gasteiger charge is -2.51. The van der Waals surface area contributed by atoms with Crippen LogP contribution >= 0.6 is 27.7 Å². The molecule has 1 N–H and O–H groups in total. The Kier molecular flexibility index (Phi) is 6.37. The van der Waals surface area contributed by atoms with E-state index in [1.54, 1.807) is 13.8 Å². The Morgan fingerprint density at radius 3 is 2.42 bits per heavy atom. The van der Waals surface area contributed by atoms with E-state index in [0.717, 1.165) is 0 Å². The summed E-state index contributed by atoms with van der Waals surface area (Å²) in [5.74, 6) is -2.37. The van der Waals surface area contributed by atoms with E-state index >= 15 is 0 Å². The summed E-state index contributed by atoms with van der Waals surface area (Å²) < 4.78 is 7.49. The van der Waals surface area contributed by atoms with Crippen molar-refractivity contribution >= 4 is 51.3 Å². The molecule has 31 heavy (non-hydrogen) atoms. The largest absolute Gasteiger partial charge is 0.465 e. The van der Waals surface area contributed by atoms with Gasteiger partial charge in [0, 0.05) is 10.3 Å². The predicted octanol–water partition coefficient (Wildman–Crippen LogP) is 1.94. The second kappa shape index (κ2) is 8.40. The summed E-state index contributed by atoms with van der Waals surface area (Å²) in [7, 11) is 1.24. The van der Waals surface area contributed by atoms with Crippen LogP contribution in [0, 0.1) is 0 Å². The van der Waals surface area contributed by atoms with Crippen molar-refractivity contribution in [3.05, 3.63) is 48.0 Å². The number of hydrogen-bond donors (Lipinski definition) is 1. The molecule has 0 aliphatic carbocycles. The lowest BCUT2D eigenvalue weighted by atomic mass is 9.84. The van der Waals surface area contributed by atoms with Gasteiger partial charge in [-0.25, -0.2) is 9.59 Å². The highest BCUT2D eigenvalue weighted by Crippen LogP contribution is 2.59. The number of amides is 1. The first-order valence-electron chi connectivity index (χ1n) is 9.38. The number of β-lactam (4-membered cyclic amide) rings is 1. The van der Waals surface area contributed by atoms with Crippen LogP contribution in [0.5, 0.6) is 0 Å². The van der Waals surface area contributed by atoms with Crippen molar-refractivity contribution in [2.24, 2.45) is 0 Å². The molecule has 0 saturated carbocycles. The highest BCUT2D eigenvalue weighted by molar-refractivity contribution is 9.10. The van der Waals surface area contributed by atoms with E-state index in [0.29, 0.717) is 0 Å². The number of hydrogen-bond acceptors (Lipinski definition) is 8. The number of fused-ring (bicyclic) bond motifs is 1. The van der Waals surface area contributed by atoms with Crippen LogP contribution in [0.3, 0.4) is 0 Å². The van der Waals surface area contributed by atoms with Crippen LogP contribution in [0.15, 0.2) is 36.9 Å². The maximum absolute atomic E-state index is 13.1. The smallest absolute Gasteiger partial charge is 0.337 e. The number of ketones is 1. The number of nitrogens with zero attached hydrogens (tertiary/aromatic N) is 1. The van der Waals surface area contributed by atoms with Gasteiger partial charge < -0.3 is 19.5 Å². The number of halogens is 1. The second-order valence-corrected chi connectivity index (χ2v) is 10.8. The van der Waals surface area contributed by atoms with Crippen molar-refractivity contribution < 1.29 is 33.8 Å². The number of thioether (sulfide) groups is 1. The lowest BCUT2D eigenvalue weighted by Crippen LogP contribution is -2.75. The first-order valence-corrected chi connectivity index (χ1v) is 11.1. The van der Waals surface area contributed by atoms with E-state index < -0.39 is 50.2 Å². The molecule has 1 amide bonds. The number of aliphatic hydroxyl groups excluding tert-OH is 1. The first kappa shape index (κ1) is 23.5. The molecular weight excluding hydrogens is 490 g/mol. The number of carbonyl (C=O) groups excluding carboxylic acids is 4. The number of benzene rings is 1. The summed E-state index contributed by atoms with van der Waals surface area (Å²) >= 11 is 4.61. The van der Waals surface area contributed by atoms with Crippen molar-refractivity contribution in [1.82, 2.24) is 4.90 Å². The zero-order valence-electron chi connectivity index (χ0n) is 17.2. The molecular formula is C21H22BrNO7S. The van der Waals surface area contributed by atoms with Crippen LogP contribution < -0.4 is 0 Å². The molecule has 8 nitrogen and oxygen atoms in total. The molecule has 1 aromatic carbocycles. The monoisotopic (exact) mass is 511 g/mol. The average Bonchev–Trinajstić information content (AvgIpc) is 3.04. The summed E-state index contributed by atoms with van der Waals surface area (Å²) in [6, 6.07) is 4.72. The van der Waals surface area contributed by atoms with Gasteiger partial charge in [-0.3, -0.25) is 9.59 Å². The van der Waals surface area contributed by atoms with Gasteiger partial charge in [-0.05, 0) is 26.0 Å². The van der Waals surface area contributed by atoms with Gasteiger partial charge in [0.25, 0.3) is 0 Å². The predicted molar refractivity (Wildman–Crippen MR) is 117 cm³/mol. The zero-order chi connectivity index (χ0) is 23.1. The Hall–Kier alpha value is -2.17. The number of ether oxygens (including phenoxy) is 2. The van der Waals surface area contributed by atoms with E-state index in [1.807, 2.05) is 0 Å². The molecule has 3 rings (SSSR count). The number of rotatable bonds is 7. The minimum atomic E-state index is -1.70. The van der Waals surface area contributed by atoms with E-state index in [1.165, 1.54) is 54.1 Å². The topological polar surface area (TPSA) is 110 Å². The average molecular weight is 512 g/mol. The molecule has 2 aliphatic heterocycles. The fourth-order valence-electron chi connectivity index (χ4n) is 3.74. The van der Waals surface area contributed by atoms with E-state index in [2.05, 4.69) is 27.2 Å². The van der Waals surface area contributed by atoms with Gasteiger partial charge in [-0.2, -0.15) is 0 Å². The maximum Gasteiger partial charge on any atom is 0.337 e. The highest BCUT2D eigenvalue weighted by atomic mass is 79.9. The SMILES string of the molecule is C=CCOC(=O)[C@@H]1N2C(=O)C(Br)(C(O)C(=O)c3ccc(C(=O)OC)cc3)[C@H]2SC1(C)C. The summed E-state index contributed by atoms with van der Waals surface area (Å²) in [6.07, 6.45) is -0.262. The molecule has 2 fully saturated rings. The molecule has 2 saturated heterocycles. The summed E-state index contributed by atoms with van der Waals surface area (Å²) in [6.45, 7) is 7.13. The molecule has 2 heterocycles. The number of alkyl halides is 1. The zero-order valence-corrected chi connectivity index (χ0v) is 19.6. The quantitative estimate of drug-likeness (QED) is 0.194. The molecule has 2 unspecified atom stereocenters. The Bertz CT molecular complexity index is 948. The van der Waals surface area contributed by atoms with Gasteiger partial charge in [-0.15, -0.1) is 11.8 Å². The number of aliphatic hydroxyl groups is 1. The number of esters is 2. The highest BCUT2D eigenvalue weighted by Gasteiger charge is 2.74. The fraction of sp³-hybridized carbons (Fsp3) is 0.429. The third-order valence-electron chi connectivity index (χ3n) is 5.33. The molecule has 4 atom stereocenters. The van der Waals surface area contributed by atoms with Crippen LogP contribution in [0.4, 0.5) is 0 Å². The Labute approximate surface area is 192 Å². The Morgan fingerprint density at radius 2 is 1.87 bits per heavy atom. The molecule has 1 aromatic rings. The summed E-state index contributed by atoms with van der Waals surface area (Å²) in [5.41, 5.74) is 0.386. The van der Waals surface area contributed by atoms with E-state index in [4.69, 9.17) is 4.74 Å². The lowest BCUT2D eigenvalue weighted by molar-refractivity contribution is -0.166. The molecule has 0 radical (unpaired) electrons. The molecule has 10 heteroatoms. The molecule has 0 aromatic heterocycles. The van der Waals surface area contributed by atoms with Crippen LogP contribution in [-0.4, -0.2) is 73.9 Å². The third-order valence-corrected chi connectivity index (χ3v) is 8.49. The normalized spacial score (nSPS) is 27.0.